The largest absolute Gasteiger partial charge is 0.349 e. The second-order valence-corrected chi connectivity index (χ2v) is 7.56. The van der Waals surface area contributed by atoms with Gasteiger partial charge in [0.1, 0.15) is 6.04 Å². The summed E-state index contributed by atoms with van der Waals surface area (Å²) in [5, 5.41) is 1.61. The van der Waals surface area contributed by atoms with E-state index in [1.807, 2.05) is 5.32 Å². The minimum absolute atomic E-state index is 0.123. The maximum absolute atomic E-state index is 14.8. The Balaban J connectivity index is 1.66. The number of hydrogen-bond donors (Lipinski definition) is 2. The number of halogens is 3. The number of imide groups is 1. The average Bonchev–Trinajstić information content (AvgIpc) is 3.03. The lowest BCUT2D eigenvalue weighted by atomic mass is 10.0. The lowest BCUT2D eigenvalue weighted by Gasteiger charge is -2.29. The second kappa shape index (κ2) is 8.31. The third-order valence-electron chi connectivity index (χ3n) is 4.99. The van der Waals surface area contributed by atoms with Crippen molar-refractivity contribution >= 4 is 35.2 Å². The maximum Gasteiger partial charge on any atom is 0.349 e. The van der Waals surface area contributed by atoms with Crippen LogP contribution in [0.2, 0.25) is 6.43 Å². The number of fused-ring (bicyclic) bond motifs is 1. The third kappa shape index (κ3) is 4.08. The van der Waals surface area contributed by atoms with Crippen molar-refractivity contribution in [2.24, 2.45) is 0 Å². The molecule has 2 aromatic rings. The van der Waals surface area contributed by atoms with E-state index in [-0.39, 0.29) is 29.0 Å². The average molecular weight is 467 g/mol. The highest BCUT2D eigenvalue weighted by Gasteiger charge is 2.41. The zero-order valence-corrected chi connectivity index (χ0v) is 17.0. The molecule has 7 nitrogen and oxygen atoms in total. The second-order valence-electron chi connectivity index (χ2n) is 7.12. The van der Waals surface area contributed by atoms with Gasteiger partial charge in [-0.15, -0.1) is 0 Å². The van der Waals surface area contributed by atoms with E-state index >= 15 is 0 Å². The Morgan fingerprint density at radius 3 is 2.69 bits per heavy atom. The molecule has 4 rings (SSSR count). The summed E-state index contributed by atoms with van der Waals surface area (Å²) < 4.78 is 70.9. The van der Waals surface area contributed by atoms with Crippen LogP contribution in [0.15, 0.2) is 42.5 Å². The van der Waals surface area contributed by atoms with Crippen molar-refractivity contribution in [3.63, 3.8) is 0 Å². The molecule has 4 amide bonds. The number of piperidine rings is 1. The Labute approximate surface area is 193 Å². The fourth-order valence-corrected chi connectivity index (χ4v) is 3.45. The van der Waals surface area contributed by atoms with Gasteiger partial charge in [-0.3, -0.25) is 24.5 Å². The Hall–Kier alpha value is -3.33. The fourth-order valence-electron chi connectivity index (χ4n) is 3.32. The van der Waals surface area contributed by atoms with Crippen LogP contribution in [0.3, 0.4) is 0 Å². The summed E-state index contributed by atoms with van der Waals surface area (Å²) in [5.41, 5.74) is -1.97. The Bertz CT molecular complexity index is 1330. The normalized spacial score (nSPS) is 22.7. The number of amides is 4. The number of carbonyl (C=O) groups is 4. The van der Waals surface area contributed by atoms with Crippen molar-refractivity contribution in [1.29, 1.82) is 0 Å². The molecule has 0 bridgehead atoms. The Morgan fingerprint density at radius 2 is 2.00 bits per heavy atom. The maximum atomic E-state index is 14.8. The molecule has 1 saturated heterocycles. The first-order chi connectivity index (χ1) is 17.1. The number of nitrogens with one attached hydrogen (secondary N) is 2. The van der Waals surface area contributed by atoms with Crippen molar-refractivity contribution in [1.82, 2.24) is 15.5 Å². The molecule has 0 aromatic heterocycles. The van der Waals surface area contributed by atoms with Gasteiger partial charge in [0.2, 0.25) is 11.8 Å². The molecule has 166 valence electrons. The fraction of sp³-hybridized carbons (Fsp3) is 0.273. The molecule has 1 unspecified atom stereocenters. The molecule has 32 heavy (non-hydrogen) atoms. The molecule has 0 saturated carbocycles. The van der Waals surface area contributed by atoms with Gasteiger partial charge in [-0.25, -0.2) is 0 Å². The van der Waals surface area contributed by atoms with Crippen molar-refractivity contribution in [3.05, 3.63) is 69.7 Å². The predicted octanol–water partition coefficient (Wildman–Crippen LogP) is 2.51. The highest BCUT2D eigenvalue weighted by atomic mass is 35.5. The topological polar surface area (TPSA) is 95.6 Å². The van der Waals surface area contributed by atoms with E-state index in [0.717, 1.165) is 42.5 Å². The Kier molecular flexibility index (Phi) is 4.24. The molecule has 10 heteroatoms. The highest BCUT2D eigenvalue weighted by molar-refractivity contribution is 6.30. The number of rotatable bonds is 5. The molecule has 0 aliphatic carbocycles. The van der Waals surface area contributed by atoms with Gasteiger partial charge in [-0.2, -0.15) is 8.78 Å². The van der Waals surface area contributed by atoms with E-state index in [1.165, 1.54) is 0 Å². The monoisotopic (exact) mass is 466 g/mol. The van der Waals surface area contributed by atoms with E-state index in [0.29, 0.717) is 4.90 Å². The predicted molar refractivity (Wildman–Crippen MR) is 110 cm³/mol. The number of hydrogen-bond acceptors (Lipinski definition) is 4. The van der Waals surface area contributed by atoms with Crippen molar-refractivity contribution in [2.45, 2.75) is 37.8 Å². The lowest BCUT2D eigenvalue weighted by Crippen LogP contribution is -2.52. The highest BCUT2D eigenvalue weighted by Crippen LogP contribution is 2.30. The third-order valence-corrected chi connectivity index (χ3v) is 5.25. The summed E-state index contributed by atoms with van der Waals surface area (Å²) in [4.78, 5) is 49.9. The molecule has 1 atom stereocenters. The molecule has 2 heterocycles. The molecule has 2 N–H and O–H groups in total. The minimum Gasteiger partial charge on any atom is -0.346 e. The molecule has 2 aliphatic heterocycles. The molecule has 0 spiro atoms. The smallest absolute Gasteiger partial charge is 0.346 e. The SMILES string of the molecule is [2H]N(C(=O)C(F)(F)c1ccc(Cl)cc1)C([2H])([2H])c1ccc2c(c1)C([2H])([2H])N(C1CCC(=O)NC1=O)C2=O. The molecule has 0 radical (unpaired) electrons. The first kappa shape index (κ1) is 16.3. The zero-order valence-electron chi connectivity index (χ0n) is 21.2. The van der Waals surface area contributed by atoms with Gasteiger partial charge in [0.15, 0.2) is 1.41 Å². The summed E-state index contributed by atoms with van der Waals surface area (Å²) in [6, 6.07) is 5.48. The van der Waals surface area contributed by atoms with Gasteiger partial charge in [0.05, 0.1) is 5.48 Å². The minimum atomic E-state index is -4.29. The first-order valence-electron chi connectivity index (χ1n) is 11.8. The van der Waals surface area contributed by atoms with Crippen LogP contribution in [0.1, 0.15) is 45.4 Å². The van der Waals surface area contributed by atoms with Gasteiger partial charge in [0.25, 0.3) is 11.8 Å². The summed E-state index contributed by atoms with van der Waals surface area (Å²) in [5.74, 6) is -8.82. The van der Waals surface area contributed by atoms with Crippen LogP contribution >= 0.6 is 11.6 Å². The molecular weight excluding hydrogens is 444 g/mol. The summed E-state index contributed by atoms with van der Waals surface area (Å²) >= 11 is 5.68. The number of benzene rings is 2. The van der Waals surface area contributed by atoms with Gasteiger partial charge < -0.3 is 10.2 Å². The van der Waals surface area contributed by atoms with E-state index in [4.69, 9.17) is 18.5 Å². The Morgan fingerprint density at radius 1 is 1.28 bits per heavy atom. The summed E-state index contributed by atoms with van der Waals surface area (Å²) in [7, 11) is 0. The van der Waals surface area contributed by atoms with Gasteiger partial charge >= 0.3 is 5.92 Å². The van der Waals surface area contributed by atoms with Crippen molar-refractivity contribution in [3.8, 4) is 0 Å². The standard InChI is InChI=1S/C22H18ClF2N3O4/c23-15-4-2-14(3-5-15)22(24,25)21(32)26-10-12-1-6-16-13(9-12)11-28(20(16)31)17-7-8-18(29)27-19(17)30/h1-6,9,17H,7-8,10-11H2,(H,26,32)(H,27,29,30)/i10D2,11D2/hD. The summed E-state index contributed by atoms with van der Waals surface area (Å²) in [6.45, 7) is -5.83. The van der Waals surface area contributed by atoms with Crippen LogP contribution in [0.4, 0.5) is 8.78 Å². The number of alkyl halides is 2. The van der Waals surface area contributed by atoms with Crippen molar-refractivity contribution < 1.29 is 34.9 Å². The van der Waals surface area contributed by atoms with Gasteiger partial charge in [0, 0.05) is 35.6 Å². The van der Waals surface area contributed by atoms with Gasteiger partial charge in [-0.1, -0.05) is 35.9 Å². The zero-order chi connectivity index (χ0) is 27.5. The van der Waals surface area contributed by atoms with E-state index < -0.39 is 65.0 Å². The molecular formula is C22H18ClF2N3O4. The lowest BCUT2D eigenvalue weighted by molar-refractivity contribution is -0.147. The molecule has 2 aliphatic rings. The van der Waals surface area contributed by atoms with Crippen LogP contribution in [-0.4, -0.2) is 34.6 Å². The summed E-state index contributed by atoms with van der Waals surface area (Å²) in [6.07, 6.45) is -0.259. The van der Waals surface area contributed by atoms with E-state index in [2.05, 4.69) is 0 Å². The first-order valence-corrected chi connectivity index (χ1v) is 9.77. The van der Waals surface area contributed by atoms with Gasteiger partial charge in [-0.05, 0) is 35.7 Å². The number of carbonyl (C=O) groups excluding carboxylic acids is 4. The van der Waals surface area contributed by atoms with Crippen LogP contribution in [0, 0.1) is 0 Å². The molecule has 1 fully saturated rings. The van der Waals surface area contributed by atoms with Crippen LogP contribution in [0.5, 0.6) is 0 Å². The molecule has 2 aromatic carbocycles. The van der Waals surface area contributed by atoms with E-state index in [9.17, 15) is 28.0 Å². The van der Waals surface area contributed by atoms with Crippen molar-refractivity contribution in [2.75, 3.05) is 0 Å². The van der Waals surface area contributed by atoms with Crippen LogP contribution in [-0.2, 0) is 33.3 Å². The quantitative estimate of drug-likeness (QED) is 0.662. The van der Waals surface area contributed by atoms with E-state index in [1.54, 1.807) is 0 Å². The van der Waals surface area contributed by atoms with Crippen LogP contribution < -0.4 is 10.6 Å². The number of nitrogens with zero attached hydrogens (tertiary/aromatic N) is 1. The van der Waals surface area contributed by atoms with Crippen LogP contribution in [0.25, 0.3) is 0 Å².